The quantitative estimate of drug-likeness (QED) is 0.369. The third-order valence-corrected chi connectivity index (χ3v) is 4.54. The van der Waals surface area contributed by atoms with Gasteiger partial charge in [-0.15, -0.1) is 0 Å². The molecule has 0 bridgehead atoms. The highest BCUT2D eigenvalue weighted by Gasteiger charge is 2.10. The molecule has 0 aliphatic heterocycles. The predicted molar refractivity (Wildman–Crippen MR) is 109 cm³/mol. The van der Waals surface area contributed by atoms with Crippen LogP contribution in [0.25, 0.3) is 16.6 Å². The van der Waals surface area contributed by atoms with Crippen molar-refractivity contribution in [3.8, 4) is 0 Å². The van der Waals surface area contributed by atoms with Crippen LogP contribution in [0.5, 0.6) is 0 Å². The molecule has 3 aromatic heterocycles. The fourth-order valence-corrected chi connectivity index (χ4v) is 3.00. The molecule has 4 aromatic rings. The molecule has 8 heteroatoms. The lowest BCUT2D eigenvalue weighted by atomic mass is 10.1. The van der Waals surface area contributed by atoms with Gasteiger partial charge in [0.15, 0.2) is 5.65 Å². The number of aromatic nitrogens is 4. The Kier molecular flexibility index (Phi) is 5.46. The predicted octanol–water partition coefficient (Wildman–Crippen LogP) is 1.96. The third-order valence-electron chi connectivity index (χ3n) is 4.54. The van der Waals surface area contributed by atoms with Crippen LogP contribution >= 0.6 is 0 Å². The molecule has 1 atom stereocenters. The highest BCUT2D eigenvalue weighted by molar-refractivity contribution is 5.96. The molecular formula is C21H21N5O3. The maximum Gasteiger partial charge on any atom is 0.153 e. The van der Waals surface area contributed by atoms with Crippen LogP contribution in [0.15, 0.2) is 60.0 Å². The molecule has 4 rings (SSSR count). The number of oxime groups is 1. The summed E-state index contributed by atoms with van der Waals surface area (Å²) in [5, 5.41) is 27.8. The minimum absolute atomic E-state index is 0.0801. The van der Waals surface area contributed by atoms with Gasteiger partial charge in [0.1, 0.15) is 24.1 Å². The van der Waals surface area contributed by atoms with E-state index in [9.17, 15) is 5.11 Å². The van der Waals surface area contributed by atoms with Gasteiger partial charge in [-0.1, -0.05) is 17.3 Å². The number of rotatable bonds is 7. The molecule has 0 aliphatic rings. The Balaban J connectivity index is 1.58. The largest absolute Gasteiger partial charge is 0.394 e. The molecule has 1 aromatic carbocycles. The van der Waals surface area contributed by atoms with Crippen molar-refractivity contribution in [2.24, 2.45) is 5.16 Å². The number of nitrogens with zero attached hydrogens (tertiary/aromatic N) is 5. The first-order chi connectivity index (χ1) is 14.1. The van der Waals surface area contributed by atoms with E-state index in [0.29, 0.717) is 17.8 Å². The first-order valence-corrected chi connectivity index (χ1v) is 9.27. The van der Waals surface area contributed by atoms with E-state index in [1.807, 2.05) is 36.5 Å². The Hall–Kier alpha value is -3.36. The molecule has 0 spiro atoms. The van der Waals surface area contributed by atoms with Crippen molar-refractivity contribution in [1.82, 2.24) is 19.6 Å². The Morgan fingerprint density at radius 2 is 2.10 bits per heavy atom. The van der Waals surface area contributed by atoms with Crippen LogP contribution in [0.2, 0.25) is 0 Å². The molecule has 8 nitrogen and oxygen atoms in total. The van der Waals surface area contributed by atoms with Crippen molar-refractivity contribution in [3.05, 3.63) is 71.8 Å². The summed E-state index contributed by atoms with van der Waals surface area (Å²) in [6.45, 7) is 1.32. The fourth-order valence-electron chi connectivity index (χ4n) is 3.00. The van der Waals surface area contributed by atoms with Crippen LogP contribution < -0.4 is 0 Å². The Morgan fingerprint density at radius 1 is 1.21 bits per heavy atom. The summed E-state index contributed by atoms with van der Waals surface area (Å²) in [6.07, 6.45) is 3.33. The van der Waals surface area contributed by atoms with Crippen molar-refractivity contribution in [3.63, 3.8) is 0 Å². The normalized spacial score (nSPS) is 13.1. The van der Waals surface area contributed by atoms with Crippen molar-refractivity contribution >= 4 is 22.3 Å². The second-order valence-corrected chi connectivity index (χ2v) is 6.75. The minimum Gasteiger partial charge on any atom is -0.394 e. The zero-order chi connectivity index (χ0) is 20.2. The summed E-state index contributed by atoms with van der Waals surface area (Å²) >= 11 is 0. The summed E-state index contributed by atoms with van der Waals surface area (Å²) < 4.78 is 1.80. The molecule has 0 saturated carbocycles. The Labute approximate surface area is 167 Å². The van der Waals surface area contributed by atoms with Gasteiger partial charge in [0, 0.05) is 18.0 Å². The summed E-state index contributed by atoms with van der Waals surface area (Å²) in [4.78, 5) is 13.9. The van der Waals surface area contributed by atoms with Crippen LogP contribution in [0, 0.1) is 0 Å². The SMILES string of the molecule is CC(=NOCC(O)CO)c1ccc2ncc(Cc3ccc4ncccc4c3)n2n1. The number of aliphatic hydroxyl groups is 2. The van der Waals surface area contributed by atoms with Gasteiger partial charge in [-0.05, 0) is 42.8 Å². The van der Waals surface area contributed by atoms with Gasteiger partial charge in [0.05, 0.1) is 24.0 Å². The van der Waals surface area contributed by atoms with Crippen LogP contribution in [0.3, 0.4) is 0 Å². The second-order valence-electron chi connectivity index (χ2n) is 6.75. The molecule has 0 fully saturated rings. The van der Waals surface area contributed by atoms with Crippen LogP contribution in [0.1, 0.15) is 23.9 Å². The molecule has 0 saturated heterocycles. The number of imidazole rings is 1. The zero-order valence-corrected chi connectivity index (χ0v) is 15.9. The molecule has 148 valence electrons. The first-order valence-electron chi connectivity index (χ1n) is 9.27. The number of pyridine rings is 1. The maximum absolute atomic E-state index is 9.32. The lowest BCUT2D eigenvalue weighted by molar-refractivity contribution is 0.00831. The number of aliphatic hydroxyl groups excluding tert-OH is 2. The van der Waals surface area contributed by atoms with Crippen LogP contribution in [0.4, 0.5) is 0 Å². The number of benzene rings is 1. The molecule has 3 heterocycles. The molecule has 29 heavy (non-hydrogen) atoms. The van der Waals surface area contributed by atoms with E-state index < -0.39 is 6.10 Å². The topological polar surface area (TPSA) is 105 Å². The van der Waals surface area contributed by atoms with Gasteiger partial charge in [-0.3, -0.25) is 4.98 Å². The standard InChI is InChI=1S/C21H21N5O3/c1-14(25-29-13-18(28)12-27)19-6-7-21-23-11-17(26(21)24-19)10-15-4-5-20-16(9-15)3-2-8-22-20/h2-9,11,18,27-28H,10,12-13H2,1H3. The van der Waals surface area contributed by atoms with Gasteiger partial charge in [-0.25, -0.2) is 9.50 Å². The van der Waals surface area contributed by atoms with Gasteiger partial charge in [0.25, 0.3) is 0 Å². The van der Waals surface area contributed by atoms with Gasteiger partial charge in [0.2, 0.25) is 0 Å². The minimum atomic E-state index is -0.959. The highest BCUT2D eigenvalue weighted by atomic mass is 16.6. The van der Waals surface area contributed by atoms with Gasteiger partial charge < -0.3 is 15.1 Å². The Bertz CT molecular complexity index is 1170. The van der Waals surface area contributed by atoms with E-state index in [-0.39, 0.29) is 13.2 Å². The number of fused-ring (bicyclic) bond motifs is 2. The van der Waals surface area contributed by atoms with E-state index in [4.69, 9.17) is 9.94 Å². The van der Waals surface area contributed by atoms with Crippen molar-refractivity contribution < 1.29 is 15.1 Å². The summed E-state index contributed by atoms with van der Waals surface area (Å²) in [5.41, 5.74) is 5.01. The van der Waals surface area contributed by atoms with Gasteiger partial charge >= 0.3 is 0 Å². The van der Waals surface area contributed by atoms with Crippen molar-refractivity contribution in [2.75, 3.05) is 13.2 Å². The zero-order valence-electron chi connectivity index (χ0n) is 15.9. The summed E-state index contributed by atoms with van der Waals surface area (Å²) in [7, 11) is 0. The fraction of sp³-hybridized carbons (Fsp3) is 0.238. The van der Waals surface area contributed by atoms with E-state index in [0.717, 1.165) is 27.8 Å². The summed E-state index contributed by atoms with van der Waals surface area (Å²) in [6, 6.07) is 13.9. The monoisotopic (exact) mass is 391 g/mol. The van der Waals surface area contributed by atoms with Crippen LogP contribution in [-0.4, -0.2) is 54.8 Å². The van der Waals surface area contributed by atoms with E-state index in [1.165, 1.54) is 0 Å². The molecule has 0 amide bonds. The second kappa shape index (κ2) is 8.34. The van der Waals surface area contributed by atoms with E-state index in [1.54, 1.807) is 17.6 Å². The molecule has 0 radical (unpaired) electrons. The van der Waals surface area contributed by atoms with E-state index in [2.05, 4.69) is 32.4 Å². The Morgan fingerprint density at radius 3 is 2.97 bits per heavy atom. The summed E-state index contributed by atoms with van der Waals surface area (Å²) in [5.74, 6) is 0. The van der Waals surface area contributed by atoms with Crippen molar-refractivity contribution in [1.29, 1.82) is 0 Å². The number of hydrogen-bond donors (Lipinski definition) is 2. The lowest BCUT2D eigenvalue weighted by Gasteiger charge is -2.07. The van der Waals surface area contributed by atoms with Gasteiger partial charge in [-0.2, -0.15) is 5.10 Å². The van der Waals surface area contributed by atoms with Crippen LogP contribution in [-0.2, 0) is 11.3 Å². The smallest absolute Gasteiger partial charge is 0.153 e. The highest BCUT2D eigenvalue weighted by Crippen LogP contribution is 2.17. The number of hydrogen-bond acceptors (Lipinski definition) is 7. The lowest BCUT2D eigenvalue weighted by Crippen LogP contribution is -2.18. The van der Waals surface area contributed by atoms with E-state index >= 15 is 0 Å². The average Bonchev–Trinajstić information content (AvgIpc) is 3.15. The maximum atomic E-state index is 9.32. The van der Waals surface area contributed by atoms with Crippen molar-refractivity contribution in [2.45, 2.75) is 19.4 Å². The third kappa shape index (κ3) is 4.23. The first kappa shape index (κ1) is 19.0. The molecule has 1 unspecified atom stereocenters. The molecular weight excluding hydrogens is 370 g/mol. The molecule has 0 aliphatic carbocycles. The molecule has 2 N–H and O–H groups in total. The average molecular weight is 391 g/mol.